The Morgan fingerprint density at radius 2 is 1.81 bits per heavy atom. The van der Waals surface area contributed by atoms with Crippen molar-refractivity contribution >= 4 is 11.9 Å². The van der Waals surface area contributed by atoms with Crippen molar-refractivity contribution in [3.05, 3.63) is 53.1 Å². The number of fused-ring (bicyclic) bond motifs is 1. The maximum atomic E-state index is 11.3. The van der Waals surface area contributed by atoms with Crippen molar-refractivity contribution in [2.75, 3.05) is 13.7 Å². The highest BCUT2D eigenvalue weighted by Gasteiger charge is 2.37. The summed E-state index contributed by atoms with van der Waals surface area (Å²) < 4.78 is 21.8. The van der Waals surface area contributed by atoms with Crippen molar-refractivity contribution < 1.29 is 28.5 Å². The zero-order chi connectivity index (χ0) is 19.6. The molecular weight excluding hydrogens is 348 g/mol. The number of carbonyl (C=O) groups is 2. The molecule has 2 unspecified atom stereocenters. The van der Waals surface area contributed by atoms with Crippen molar-refractivity contribution in [2.45, 2.75) is 32.8 Å². The monoisotopic (exact) mass is 370 g/mol. The van der Waals surface area contributed by atoms with E-state index in [9.17, 15) is 9.59 Å². The van der Waals surface area contributed by atoms with Crippen molar-refractivity contribution in [1.82, 2.24) is 0 Å². The first-order valence-corrected chi connectivity index (χ1v) is 8.66. The Morgan fingerprint density at radius 1 is 1.04 bits per heavy atom. The van der Waals surface area contributed by atoms with Crippen molar-refractivity contribution in [1.29, 1.82) is 0 Å². The fourth-order valence-electron chi connectivity index (χ4n) is 3.29. The molecule has 2 atom stereocenters. The summed E-state index contributed by atoms with van der Waals surface area (Å²) in [6.45, 7) is 4.87. The van der Waals surface area contributed by atoms with E-state index < -0.39 is 5.97 Å². The van der Waals surface area contributed by atoms with E-state index in [-0.39, 0.29) is 24.6 Å². The van der Waals surface area contributed by atoms with E-state index in [2.05, 4.69) is 6.07 Å². The van der Waals surface area contributed by atoms with Crippen LogP contribution in [0.5, 0.6) is 17.2 Å². The zero-order valence-electron chi connectivity index (χ0n) is 15.8. The van der Waals surface area contributed by atoms with Crippen LogP contribution in [0.3, 0.4) is 0 Å². The largest absolute Gasteiger partial charge is 0.493 e. The summed E-state index contributed by atoms with van der Waals surface area (Å²) in [6.07, 6.45) is -0.352. The van der Waals surface area contributed by atoms with Gasteiger partial charge in [0.2, 0.25) is 0 Å². The molecule has 6 heteroatoms. The highest BCUT2D eigenvalue weighted by atomic mass is 16.6. The lowest BCUT2D eigenvalue weighted by Gasteiger charge is -2.20. The Balaban J connectivity index is 2.01. The average molecular weight is 370 g/mol. The second kappa shape index (κ2) is 7.70. The molecule has 0 saturated heterocycles. The second-order valence-electron chi connectivity index (χ2n) is 6.48. The number of hydrogen-bond acceptors (Lipinski definition) is 6. The minimum Gasteiger partial charge on any atom is -0.493 e. The van der Waals surface area contributed by atoms with Crippen molar-refractivity contribution in [2.24, 2.45) is 0 Å². The van der Waals surface area contributed by atoms with Gasteiger partial charge in [0.1, 0.15) is 18.5 Å². The third-order valence-electron chi connectivity index (χ3n) is 4.40. The van der Waals surface area contributed by atoms with E-state index >= 15 is 0 Å². The van der Waals surface area contributed by atoms with Gasteiger partial charge in [-0.15, -0.1) is 0 Å². The molecule has 0 amide bonds. The molecule has 0 aromatic heterocycles. The van der Waals surface area contributed by atoms with Gasteiger partial charge in [0.15, 0.2) is 11.5 Å². The molecule has 2 aromatic rings. The predicted molar refractivity (Wildman–Crippen MR) is 98.4 cm³/mol. The van der Waals surface area contributed by atoms with Crippen molar-refractivity contribution in [3.63, 3.8) is 0 Å². The standard InChI is InChI=1S/C21H22O6/c1-12-5-7-17-16(9-12)21(20(27-17)11-25-13(2)22)15-6-8-18(26-14(3)23)19(10-15)24-4/h5-10,20-21H,11H2,1-4H3. The molecule has 2 aromatic carbocycles. The van der Waals surface area contributed by atoms with Gasteiger partial charge < -0.3 is 18.9 Å². The summed E-state index contributed by atoms with van der Waals surface area (Å²) in [5.41, 5.74) is 3.05. The fourth-order valence-corrected chi connectivity index (χ4v) is 3.29. The number of hydrogen-bond donors (Lipinski definition) is 0. The predicted octanol–water partition coefficient (Wildman–Crippen LogP) is 3.38. The Kier molecular flexibility index (Phi) is 5.35. The third kappa shape index (κ3) is 4.05. The minimum absolute atomic E-state index is 0.139. The first-order chi connectivity index (χ1) is 12.9. The smallest absolute Gasteiger partial charge is 0.308 e. The lowest BCUT2D eigenvalue weighted by Crippen LogP contribution is -2.27. The van der Waals surface area contributed by atoms with Crippen LogP contribution in [0.15, 0.2) is 36.4 Å². The summed E-state index contributed by atoms with van der Waals surface area (Å²) in [5.74, 6) is 0.667. The van der Waals surface area contributed by atoms with Crippen LogP contribution in [0.25, 0.3) is 0 Å². The Labute approximate surface area is 158 Å². The van der Waals surface area contributed by atoms with Gasteiger partial charge in [0, 0.05) is 19.4 Å². The number of carbonyl (C=O) groups excluding carboxylic acids is 2. The molecular formula is C21H22O6. The quantitative estimate of drug-likeness (QED) is 0.594. The summed E-state index contributed by atoms with van der Waals surface area (Å²) in [7, 11) is 1.52. The Morgan fingerprint density at radius 3 is 2.48 bits per heavy atom. The number of methoxy groups -OCH3 is 1. The molecule has 0 spiro atoms. The number of ether oxygens (including phenoxy) is 4. The molecule has 0 fully saturated rings. The highest BCUT2D eigenvalue weighted by Crippen LogP contribution is 2.44. The van der Waals surface area contributed by atoms with Crippen LogP contribution in [-0.2, 0) is 14.3 Å². The summed E-state index contributed by atoms with van der Waals surface area (Å²) >= 11 is 0. The zero-order valence-corrected chi connectivity index (χ0v) is 15.8. The molecule has 142 valence electrons. The minimum atomic E-state index is -0.418. The molecule has 0 N–H and O–H groups in total. The SMILES string of the molecule is COc1cc(C2c3cc(C)ccc3OC2COC(C)=O)ccc1OC(C)=O. The normalized spacial score (nSPS) is 17.6. The van der Waals surface area contributed by atoms with Gasteiger partial charge >= 0.3 is 11.9 Å². The maximum Gasteiger partial charge on any atom is 0.308 e. The maximum absolute atomic E-state index is 11.3. The lowest BCUT2D eigenvalue weighted by atomic mass is 9.87. The molecule has 1 heterocycles. The van der Waals surface area contributed by atoms with E-state index in [1.165, 1.54) is 21.0 Å². The van der Waals surface area contributed by atoms with Crippen molar-refractivity contribution in [3.8, 4) is 17.2 Å². The van der Waals surface area contributed by atoms with Crippen LogP contribution in [0.1, 0.15) is 36.5 Å². The van der Waals surface area contributed by atoms with E-state index in [1.807, 2.05) is 31.2 Å². The van der Waals surface area contributed by atoms with Crippen LogP contribution < -0.4 is 14.2 Å². The molecule has 1 aliphatic rings. The highest BCUT2D eigenvalue weighted by molar-refractivity contribution is 5.70. The number of benzene rings is 2. The van der Waals surface area contributed by atoms with Gasteiger partial charge in [-0.2, -0.15) is 0 Å². The van der Waals surface area contributed by atoms with Gasteiger partial charge in [-0.25, -0.2) is 0 Å². The summed E-state index contributed by atoms with van der Waals surface area (Å²) in [5, 5.41) is 0. The van der Waals surface area contributed by atoms with Gasteiger partial charge in [-0.1, -0.05) is 23.8 Å². The molecule has 3 rings (SSSR count). The lowest BCUT2D eigenvalue weighted by molar-refractivity contribution is -0.143. The topological polar surface area (TPSA) is 71.1 Å². The number of rotatable bonds is 5. The van der Waals surface area contributed by atoms with Gasteiger partial charge in [0.05, 0.1) is 13.0 Å². The van der Waals surface area contributed by atoms with Gasteiger partial charge in [0.25, 0.3) is 0 Å². The molecule has 0 aliphatic carbocycles. The molecule has 0 bridgehead atoms. The van der Waals surface area contributed by atoms with Crippen LogP contribution in [0.2, 0.25) is 0 Å². The number of esters is 2. The first-order valence-electron chi connectivity index (χ1n) is 8.66. The second-order valence-corrected chi connectivity index (χ2v) is 6.48. The van der Waals surface area contributed by atoms with Crippen LogP contribution in [0.4, 0.5) is 0 Å². The molecule has 1 aliphatic heterocycles. The van der Waals surface area contributed by atoms with E-state index in [4.69, 9.17) is 18.9 Å². The average Bonchev–Trinajstić information content (AvgIpc) is 2.97. The first kappa shape index (κ1) is 18.8. The number of aryl methyl sites for hydroxylation is 1. The Hall–Kier alpha value is -3.02. The summed E-state index contributed by atoms with van der Waals surface area (Å²) in [4.78, 5) is 22.6. The fraction of sp³-hybridized carbons (Fsp3) is 0.333. The third-order valence-corrected chi connectivity index (χ3v) is 4.40. The van der Waals surface area contributed by atoms with Crippen LogP contribution in [-0.4, -0.2) is 31.8 Å². The molecule has 0 radical (unpaired) electrons. The van der Waals surface area contributed by atoms with E-state index in [0.29, 0.717) is 11.5 Å². The Bertz CT molecular complexity index is 873. The van der Waals surface area contributed by atoms with Crippen LogP contribution >= 0.6 is 0 Å². The van der Waals surface area contributed by atoms with Gasteiger partial charge in [-0.05, 0) is 30.7 Å². The van der Waals surface area contributed by atoms with E-state index in [0.717, 1.165) is 22.4 Å². The summed E-state index contributed by atoms with van der Waals surface area (Å²) in [6, 6.07) is 11.4. The van der Waals surface area contributed by atoms with Gasteiger partial charge in [-0.3, -0.25) is 9.59 Å². The molecule has 27 heavy (non-hydrogen) atoms. The molecule has 6 nitrogen and oxygen atoms in total. The van der Waals surface area contributed by atoms with E-state index in [1.54, 1.807) is 6.07 Å². The van der Waals surface area contributed by atoms with Crippen LogP contribution in [0, 0.1) is 6.92 Å². The molecule has 0 saturated carbocycles.